The van der Waals surface area contributed by atoms with E-state index in [1.54, 1.807) is 12.1 Å². The van der Waals surface area contributed by atoms with Gasteiger partial charge in [-0.3, -0.25) is 0 Å². The van der Waals surface area contributed by atoms with E-state index in [0.717, 1.165) is 49.5 Å². The molecule has 0 aromatic heterocycles. The zero-order valence-electron chi connectivity index (χ0n) is 15.6. The second-order valence-corrected chi connectivity index (χ2v) is 6.86. The zero-order chi connectivity index (χ0) is 18.9. The SMILES string of the molecule is CCNC(=NCc1cc(Br)ccc1OC(F)F)N1CCC(OCC)CC1.I. The normalized spacial score (nSPS) is 15.6. The molecule has 1 aromatic rings. The van der Waals surface area contributed by atoms with Gasteiger partial charge in [0.2, 0.25) is 0 Å². The van der Waals surface area contributed by atoms with Crippen LogP contribution in [0, 0.1) is 0 Å². The highest BCUT2D eigenvalue weighted by Gasteiger charge is 2.21. The number of hydrogen-bond acceptors (Lipinski definition) is 3. The lowest BCUT2D eigenvalue weighted by Crippen LogP contribution is -2.47. The van der Waals surface area contributed by atoms with Crippen LogP contribution in [0.3, 0.4) is 0 Å². The van der Waals surface area contributed by atoms with E-state index < -0.39 is 6.61 Å². The van der Waals surface area contributed by atoms with Crippen molar-refractivity contribution in [3.05, 3.63) is 28.2 Å². The molecule has 0 radical (unpaired) electrons. The van der Waals surface area contributed by atoms with Gasteiger partial charge in [-0.2, -0.15) is 8.78 Å². The summed E-state index contributed by atoms with van der Waals surface area (Å²) in [6.07, 6.45) is 2.21. The number of halogens is 4. The van der Waals surface area contributed by atoms with Crippen molar-refractivity contribution in [2.45, 2.75) is 45.9 Å². The predicted octanol–water partition coefficient (Wildman–Crippen LogP) is 4.63. The number of ether oxygens (including phenoxy) is 2. The van der Waals surface area contributed by atoms with Gasteiger partial charge in [-0.05, 0) is 44.9 Å². The molecule has 0 unspecified atom stereocenters. The van der Waals surface area contributed by atoms with E-state index in [1.165, 1.54) is 6.07 Å². The minimum atomic E-state index is -2.86. The van der Waals surface area contributed by atoms with Crippen LogP contribution < -0.4 is 10.1 Å². The quantitative estimate of drug-likeness (QED) is 0.299. The molecule has 1 aromatic carbocycles. The maximum Gasteiger partial charge on any atom is 0.387 e. The number of nitrogens with one attached hydrogen (secondary N) is 1. The molecule has 9 heteroatoms. The summed E-state index contributed by atoms with van der Waals surface area (Å²) in [5.74, 6) is 0.934. The third kappa shape index (κ3) is 8.06. The lowest BCUT2D eigenvalue weighted by molar-refractivity contribution is -0.0504. The molecule has 0 atom stereocenters. The molecule has 2 rings (SSSR count). The van der Waals surface area contributed by atoms with Gasteiger partial charge < -0.3 is 19.7 Å². The molecule has 1 saturated heterocycles. The Morgan fingerprint density at radius 3 is 2.63 bits per heavy atom. The van der Waals surface area contributed by atoms with E-state index in [4.69, 9.17) is 4.74 Å². The summed E-state index contributed by atoms with van der Waals surface area (Å²) in [5.41, 5.74) is 0.610. The van der Waals surface area contributed by atoms with Gasteiger partial charge in [0.05, 0.1) is 12.6 Å². The van der Waals surface area contributed by atoms with E-state index in [1.807, 2.05) is 13.8 Å². The van der Waals surface area contributed by atoms with Crippen LogP contribution in [0.2, 0.25) is 0 Å². The molecule has 0 bridgehead atoms. The fourth-order valence-corrected chi connectivity index (χ4v) is 3.35. The molecule has 1 N–H and O–H groups in total. The van der Waals surface area contributed by atoms with Crippen LogP contribution in [-0.4, -0.2) is 49.8 Å². The average molecular weight is 562 g/mol. The van der Waals surface area contributed by atoms with Crippen molar-refractivity contribution in [2.75, 3.05) is 26.2 Å². The van der Waals surface area contributed by atoms with Gasteiger partial charge in [0.25, 0.3) is 0 Å². The fourth-order valence-electron chi connectivity index (χ4n) is 2.94. The van der Waals surface area contributed by atoms with Crippen LogP contribution >= 0.6 is 39.9 Å². The summed E-state index contributed by atoms with van der Waals surface area (Å²) in [6.45, 7) is 4.60. The Kier molecular flexibility index (Phi) is 11.5. The molecule has 0 saturated carbocycles. The minimum Gasteiger partial charge on any atom is -0.434 e. The smallest absolute Gasteiger partial charge is 0.387 e. The number of hydrogen-bond donors (Lipinski definition) is 1. The van der Waals surface area contributed by atoms with Crippen molar-refractivity contribution >= 4 is 45.9 Å². The largest absolute Gasteiger partial charge is 0.434 e. The molecule has 1 aliphatic heterocycles. The number of piperidine rings is 1. The number of benzene rings is 1. The molecular weight excluding hydrogens is 535 g/mol. The van der Waals surface area contributed by atoms with E-state index in [2.05, 4.69) is 35.9 Å². The van der Waals surface area contributed by atoms with E-state index >= 15 is 0 Å². The maximum atomic E-state index is 12.6. The molecule has 1 heterocycles. The van der Waals surface area contributed by atoms with E-state index in [9.17, 15) is 8.78 Å². The van der Waals surface area contributed by atoms with Crippen LogP contribution in [0.25, 0.3) is 0 Å². The summed E-state index contributed by atoms with van der Waals surface area (Å²) in [6, 6.07) is 4.96. The topological polar surface area (TPSA) is 46.1 Å². The van der Waals surface area contributed by atoms with Crippen molar-refractivity contribution in [3.8, 4) is 5.75 Å². The minimum absolute atomic E-state index is 0. The van der Waals surface area contributed by atoms with E-state index in [0.29, 0.717) is 11.7 Å². The second kappa shape index (κ2) is 12.7. The summed E-state index contributed by atoms with van der Waals surface area (Å²) in [4.78, 5) is 6.82. The lowest BCUT2D eigenvalue weighted by Gasteiger charge is -2.34. The predicted molar refractivity (Wildman–Crippen MR) is 117 cm³/mol. The van der Waals surface area contributed by atoms with Gasteiger partial charge in [-0.25, -0.2) is 4.99 Å². The molecule has 5 nitrogen and oxygen atoms in total. The van der Waals surface area contributed by atoms with Crippen molar-refractivity contribution in [1.29, 1.82) is 0 Å². The Labute approximate surface area is 185 Å². The van der Waals surface area contributed by atoms with Gasteiger partial charge in [0.1, 0.15) is 5.75 Å². The highest BCUT2D eigenvalue weighted by atomic mass is 127. The van der Waals surface area contributed by atoms with Crippen molar-refractivity contribution in [1.82, 2.24) is 10.2 Å². The summed E-state index contributed by atoms with van der Waals surface area (Å²) in [5, 5.41) is 3.28. The summed E-state index contributed by atoms with van der Waals surface area (Å²) in [7, 11) is 0. The standard InChI is InChI=1S/C18H26BrF2N3O2.HI/c1-3-22-18(24-9-7-15(8-10-24)25-4-2)23-12-13-11-14(19)5-6-16(13)26-17(20)21;/h5-6,11,15,17H,3-4,7-10,12H2,1-2H3,(H,22,23);1H. The van der Waals surface area contributed by atoms with Gasteiger partial charge in [-0.15, -0.1) is 24.0 Å². The Morgan fingerprint density at radius 2 is 2.04 bits per heavy atom. The Balaban J connectivity index is 0.00000364. The first-order valence-corrected chi connectivity index (χ1v) is 9.70. The maximum absolute atomic E-state index is 12.6. The molecule has 1 fully saturated rings. The van der Waals surface area contributed by atoms with Crippen molar-refractivity contribution in [3.63, 3.8) is 0 Å². The first-order chi connectivity index (χ1) is 12.5. The third-order valence-electron chi connectivity index (χ3n) is 4.12. The fraction of sp³-hybridized carbons (Fsp3) is 0.611. The molecule has 0 aliphatic carbocycles. The molecule has 1 aliphatic rings. The average Bonchev–Trinajstić information content (AvgIpc) is 2.61. The summed E-state index contributed by atoms with van der Waals surface area (Å²) < 4.78 is 36.3. The number of aliphatic imine (C=N–C) groups is 1. The summed E-state index contributed by atoms with van der Waals surface area (Å²) >= 11 is 3.37. The van der Waals surface area contributed by atoms with Crippen molar-refractivity contribution < 1.29 is 18.3 Å². The van der Waals surface area contributed by atoms with E-state index in [-0.39, 0.29) is 36.3 Å². The highest BCUT2D eigenvalue weighted by molar-refractivity contribution is 14.0. The molecular formula is C18H27BrF2IN3O2. The number of nitrogens with zero attached hydrogens (tertiary/aromatic N) is 2. The van der Waals surface area contributed by atoms with Gasteiger partial charge >= 0.3 is 6.61 Å². The monoisotopic (exact) mass is 561 g/mol. The molecule has 27 heavy (non-hydrogen) atoms. The Bertz CT molecular complexity index is 600. The highest BCUT2D eigenvalue weighted by Crippen LogP contribution is 2.25. The van der Waals surface area contributed by atoms with Crippen LogP contribution in [0.5, 0.6) is 5.75 Å². The van der Waals surface area contributed by atoms with Gasteiger partial charge in [0, 0.05) is 36.3 Å². The number of rotatable bonds is 7. The lowest BCUT2D eigenvalue weighted by atomic mass is 10.1. The first kappa shape index (κ1) is 24.4. The van der Waals surface area contributed by atoms with Crippen LogP contribution in [0.1, 0.15) is 32.3 Å². The van der Waals surface area contributed by atoms with Gasteiger partial charge in [-0.1, -0.05) is 15.9 Å². The number of guanidine groups is 1. The zero-order valence-corrected chi connectivity index (χ0v) is 19.5. The number of likely N-dealkylation sites (tertiary alicyclic amines) is 1. The van der Waals surface area contributed by atoms with Crippen molar-refractivity contribution in [2.24, 2.45) is 4.99 Å². The second-order valence-electron chi connectivity index (χ2n) is 5.94. The first-order valence-electron chi connectivity index (χ1n) is 8.91. The molecule has 0 amide bonds. The third-order valence-corrected chi connectivity index (χ3v) is 4.61. The molecule has 154 valence electrons. The van der Waals surface area contributed by atoms with Crippen LogP contribution in [0.15, 0.2) is 27.7 Å². The van der Waals surface area contributed by atoms with Gasteiger partial charge in [0.15, 0.2) is 5.96 Å². The Hall–Kier alpha value is -0.680. The van der Waals surface area contributed by atoms with Crippen LogP contribution in [-0.2, 0) is 11.3 Å². The molecule has 0 spiro atoms. The van der Waals surface area contributed by atoms with Crippen LogP contribution in [0.4, 0.5) is 8.78 Å². The Morgan fingerprint density at radius 1 is 1.33 bits per heavy atom. The number of alkyl halides is 2.